The summed E-state index contributed by atoms with van der Waals surface area (Å²) >= 11 is 0. The van der Waals surface area contributed by atoms with Crippen molar-refractivity contribution in [1.29, 1.82) is 0 Å². The molecule has 1 heterocycles. The molecule has 0 unspecified atom stereocenters. The number of methoxy groups -OCH3 is 1. The average molecular weight is 430 g/mol. The third-order valence-corrected chi connectivity index (χ3v) is 6.87. The molecule has 0 bridgehead atoms. The van der Waals surface area contributed by atoms with Gasteiger partial charge in [0.25, 0.3) is 0 Å². The highest BCUT2D eigenvalue weighted by molar-refractivity contribution is 6.00. The molecule has 32 heavy (non-hydrogen) atoms. The minimum Gasteiger partial charge on any atom is -0.495 e. The van der Waals surface area contributed by atoms with Crippen molar-refractivity contribution in [3.05, 3.63) is 53.7 Å². The number of aryl methyl sites for hydroxylation is 1. The molecule has 2 aliphatic rings. The van der Waals surface area contributed by atoms with Crippen molar-refractivity contribution in [1.82, 2.24) is 4.98 Å². The van der Waals surface area contributed by atoms with Gasteiger partial charge in [-0.15, -0.1) is 0 Å². The summed E-state index contributed by atoms with van der Waals surface area (Å²) in [5, 5.41) is 7.88. The molecule has 166 valence electrons. The summed E-state index contributed by atoms with van der Waals surface area (Å²) in [5.74, 6) is 1.09. The smallest absolute Gasteiger partial charge is 0.227 e. The van der Waals surface area contributed by atoms with Gasteiger partial charge < -0.3 is 15.4 Å². The van der Waals surface area contributed by atoms with Crippen molar-refractivity contribution in [2.75, 3.05) is 17.7 Å². The Morgan fingerprint density at radius 3 is 2.66 bits per heavy atom. The lowest BCUT2D eigenvalue weighted by Gasteiger charge is -2.23. The van der Waals surface area contributed by atoms with Gasteiger partial charge in [0.15, 0.2) is 0 Å². The average Bonchev–Trinajstić information content (AvgIpc) is 2.85. The molecule has 0 radical (unpaired) electrons. The summed E-state index contributed by atoms with van der Waals surface area (Å²) in [6, 6.07) is 14.1. The number of anilines is 3. The molecule has 5 nitrogen and oxygen atoms in total. The van der Waals surface area contributed by atoms with Crippen molar-refractivity contribution in [2.45, 2.75) is 57.8 Å². The zero-order valence-electron chi connectivity index (χ0n) is 18.7. The zero-order valence-corrected chi connectivity index (χ0v) is 18.7. The lowest BCUT2D eigenvalue weighted by molar-refractivity contribution is -0.120. The number of ether oxygens (including phenoxy) is 1. The molecule has 2 aromatic carbocycles. The normalized spacial score (nSPS) is 16.4. The molecule has 0 spiro atoms. The van der Waals surface area contributed by atoms with Crippen LogP contribution in [0, 0.1) is 5.92 Å². The van der Waals surface area contributed by atoms with Crippen LogP contribution in [0.25, 0.3) is 10.9 Å². The van der Waals surface area contributed by atoms with E-state index in [0.29, 0.717) is 0 Å². The molecule has 1 fully saturated rings. The van der Waals surface area contributed by atoms with Gasteiger partial charge in [0.2, 0.25) is 5.91 Å². The van der Waals surface area contributed by atoms with Crippen LogP contribution in [-0.4, -0.2) is 18.0 Å². The third-order valence-electron chi connectivity index (χ3n) is 6.87. The van der Waals surface area contributed by atoms with Gasteiger partial charge in [-0.2, -0.15) is 0 Å². The fourth-order valence-corrected chi connectivity index (χ4v) is 5.14. The van der Waals surface area contributed by atoms with E-state index in [1.165, 1.54) is 30.5 Å². The summed E-state index contributed by atoms with van der Waals surface area (Å²) in [7, 11) is 1.69. The van der Waals surface area contributed by atoms with Crippen LogP contribution in [0.5, 0.6) is 5.75 Å². The Kier molecular flexibility index (Phi) is 5.97. The van der Waals surface area contributed by atoms with Crippen molar-refractivity contribution in [3.63, 3.8) is 0 Å². The number of para-hydroxylation sites is 2. The highest BCUT2D eigenvalue weighted by atomic mass is 16.5. The number of amides is 1. The van der Waals surface area contributed by atoms with E-state index in [0.717, 1.165) is 72.2 Å². The Bertz CT molecular complexity index is 1140. The number of nitrogens with one attached hydrogen (secondary N) is 2. The predicted molar refractivity (Wildman–Crippen MR) is 130 cm³/mol. The van der Waals surface area contributed by atoms with Gasteiger partial charge in [-0.1, -0.05) is 31.4 Å². The van der Waals surface area contributed by atoms with E-state index in [9.17, 15) is 4.79 Å². The van der Waals surface area contributed by atoms with E-state index >= 15 is 0 Å². The number of carbonyl (C=O) groups excluding carboxylic acids is 1. The Labute approximate surface area is 189 Å². The maximum absolute atomic E-state index is 12.8. The Hall–Kier alpha value is -3.08. The number of aromatic nitrogens is 1. The van der Waals surface area contributed by atoms with Crippen LogP contribution in [0.1, 0.15) is 56.2 Å². The van der Waals surface area contributed by atoms with E-state index in [2.05, 4.69) is 16.7 Å². The minimum atomic E-state index is 0.132. The van der Waals surface area contributed by atoms with E-state index in [1.807, 2.05) is 36.4 Å². The highest BCUT2D eigenvalue weighted by Crippen LogP contribution is 2.38. The van der Waals surface area contributed by atoms with Gasteiger partial charge >= 0.3 is 0 Å². The third kappa shape index (κ3) is 4.16. The molecule has 0 atom stereocenters. The van der Waals surface area contributed by atoms with Crippen molar-refractivity contribution < 1.29 is 9.53 Å². The summed E-state index contributed by atoms with van der Waals surface area (Å²) in [5.41, 5.74) is 6.29. The predicted octanol–water partition coefficient (Wildman–Crippen LogP) is 6.38. The van der Waals surface area contributed by atoms with Gasteiger partial charge in [0.1, 0.15) is 5.75 Å². The van der Waals surface area contributed by atoms with Gasteiger partial charge in [-0.3, -0.25) is 9.78 Å². The minimum absolute atomic E-state index is 0.132. The molecule has 3 aromatic rings. The van der Waals surface area contributed by atoms with Gasteiger partial charge in [-0.25, -0.2) is 0 Å². The van der Waals surface area contributed by atoms with Crippen LogP contribution in [0.15, 0.2) is 42.5 Å². The number of carbonyl (C=O) groups is 1. The SMILES string of the molecule is COc1ccccc1Nc1c2c(nc3ccc(NC(=O)C4CCCCC4)cc13)CCCC2. The molecule has 1 amide bonds. The fourth-order valence-electron chi connectivity index (χ4n) is 5.14. The number of rotatable bonds is 5. The number of nitrogens with zero attached hydrogens (tertiary/aromatic N) is 1. The summed E-state index contributed by atoms with van der Waals surface area (Å²) < 4.78 is 5.58. The highest BCUT2D eigenvalue weighted by Gasteiger charge is 2.22. The Balaban J connectivity index is 1.54. The van der Waals surface area contributed by atoms with E-state index < -0.39 is 0 Å². The lowest BCUT2D eigenvalue weighted by Crippen LogP contribution is -2.24. The molecular weight excluding hydrogens is 398 g/mol. The van der Waals surface area contributed by atoms with E-state index in [1.54, 1.807) is 7.11 Å². The second-order valence-corrected chi connectivity index (χ2v) is 9.00. The molecule has 5 heteroatoms. The standard InChI is InChI=1S/C27H31N3O2/c1-32-25-14-8-7-13-24(25)30-26-20-11-5-6-12-22(20)29-23-16-15-19(17-21(23)26)28-27(31)18-9-3-2-4-10-18/h7-8,13-18H,2-6,9-12H2,1H3,(H,28,31)(H,29,30). The number of hydrogen-bond acceptors (Lipinski definition) is 4. The molecular formula is C27H31N3O2. The molecule has 1 aromatic heterocycles. The first-order valence-electron chi connectivity index (χ1n) is 11.9. The maximum atomic E-state index is 12.8. The molecule has 2 aliphatic carbocycles. The molecule has 0 saturated heterocycles. The van der Waals surface area contributed by atoms with Crippen LogP contribution in [0.3, 0.4) is 0 Å². The summed E-state index contributed by atoms with van der Waals surface area (Å²) in [6.45, 7) is 0. The van der Waals surface area contributed by atoms with E-state index in [4.69, 9.17) is 9.72 Å². The van der Waals surface area contributed by atoms with Crippen molar-refractivity contribution in [3.8, 4) is 5.75 Å². The van der Waals surface area contributed by atoms with E-state index in [-0.39, 0.29) is 11.8 Å². The fraction of sp³-hybridized carbons (Fsp3) is 0.407. The molecule has 5 rings (SSSR count). The lowest BCUT2D eigenvalue weighted by atomic mass is 9.88. The Morgan fingerprint density at radius 1 is 1.00 bits per heavy atom. The maximum Gasteiger partial charge on any atom is 0.227 e. The largest absolute Gasteiger partial charge is 0.495 e. The van der Waals surface area contributed by atoms with Crippen molar-refractivity contribution >= 4 is 33.9 Å². The monoisotopic (exact) mass is 429 g/mol. The second-order valence-electron chi connectivity index (χ2n) is 9.00. The molecule has 1 saturated carbocycles. The topological polar surface area (TPSA) is 63.2 Å². The zero-order chi connectivity index (χ0) is 21.9. The number of benzene rings is 2. The van der Waals surface area contributed by atoms with Crippen LogP contribution in [-0.2, 0) is 17.6 Å². The summed E-state index contributed by atoms with van der Waals surface area (Å²) in [4.78, 5) is 17.8. The van der Waals surface area contributed by atoms with Gasteiger partial charge in [-0.05, 0) is 74.4 Å². The first kappa shape index (κ1) is 20.8. The van der Waals surface area contributed by atoms with Crippen LogP contribution < -0.4 is 15.4 Å². The van der Waals surface area contributed by atoms with Crippen LogP contribution >= 0.6 is 0 Å². The summed E-state index contributed by atoms with van der Waals surface area (Å²) in [6.07, 6.45) is 9.89. The van der Waals surface area contributed by atoms with Crippen molar-refractivity contribution in [2.24, 2.45) is 5.92 Å². The quantitative estimate of drug-likeness (QED) is 0.494. The first-order chi connectivity index (χ1) is 15.7. The molecule has 2 N–H and O–H groups in total. The van der Waals surface area contributed by atoms with Gasteiger partial charge in [0.05, 0.1) is 24.0 Å². The van der Waals surface area contributed by atoms with Crippen LogP contribution in [0.2, 0.25) is 0 Å². The Morgan fingerprint density at radius 2 is 1.81 bits per heavy atom. The van der Waals surface area contributed by atoms with Crippen LogP contribution in [0.4, 0.5) is 17.1 Å². The second kappa shape index (κ2) is 9.19. The van der Waals surface area contributed by atoms with Gasteiger partial charge in [0, 0.05) is 22.7 Å². The first-order valence-corrected chi connectivity index (χ1v) is 11.9. The number of fused-ring (bicyclic) bond motifs is 2. The number of hydrogen-bond donors (Lipinski definition) is 2. The molecule has 0 aliphatic heterocycles. The number of pyridine rings is 1.